The monoisotopic (exact) mass is 380 g/mol. The normalized spacial score (nSPS) is 11.5. The Morgan fingerprint density at radius 1 is 1.08 bits per heavy atom. The third-order valence-corrected chi connectivity index (χ3v) is 5.34. The lowest BCUT2D eigenvalue weighted by Gasteiger charge is -2.19. The van der Waals surface area contributed by atoms with Crippen molar-refractivity contribution in [3.05, 3.63) is 53.8 Å². The largest absolute Gasteiger partial charge is 0.480 e. The Morgan fingerprint density at radius 3 is 2.31 bits per heavy atom. The Morgan fingerprint density at radius 2 is 1.73 bits per heavy atom. The number of rotatable bonds is 8. The molecule has 0 atom stereocenters. The Bertz CT molecular complexity index is 874. The molecule has 140 valence electrons. The summed E-state index contributed by atoms with van der Waals surface area (Å²) in [5.74, 6) is -2.07. The first-order valence-electron chi connectivity index (χ1n) is 7.79. The zero-order valence-corrected chi connectivity index (χ0v) is 15.3. The molecule has 0 spiro atoms. The van der Waals surface area contributed by atoms with Crippen LogP contribution < -0.4 is 0 Å². The number of carbonyl (C=O) groups excluding carboxylic acids is 1. The summed E-state index contributed by atoms with van der Waals surface area (Å²) in [6, 6.07) is 11.7. The highest BCUT2D eigenvalue weighted by atomic mass is 32.2. The van der Waals surface area contributed by atoms with Gasteiger partial charge in [-0.15, -0.1) is 0 Å². The van der Waals surface area contributed by atoms with E-state index in [2.05, 4.69) is 0 Å². The van der Waals surface area contributed by atoms with E-state index in [1.807, 2.05) is 30.3 Å². The van der Waals surface area contributed by atoms with Gasteiger partial charge in [-0.25, -0.2) is 12.7 Å². The molecule has 0 unspecified atom stereocenters. The molecule has 0 fully saturated rings. The minimum Gasteiger partial charge on any atom is -0.480 e. The van der Waals surface area contributed by atoms with Gasteiger partial charge in [0.2, 0.25) is 5.09 Å². The van der Waals surface area contributed by atoms with Crippen molar-refractivity contribution in [3.8, 4) is 0 Å². The van der Waals surface area contributed by atoms with Crippen LogP contribution in [0.25, 0.3) is 0 Å². The van der Waals surface area contributed by atoms with Crippen molar-refractivity contribution in [1.29, 1.82) is 0 Å². The molecular weight excluding hydrogens is 360 g/mol. The number of hydrogen-bond donors (Lipinski definition) is 1. The third kappa shape index (κ3) is 4.70. The molecule has 0 saturated carbocycles. The average Bonchev–Trinajstić information content (AvgIpc) is 3.09. The van der Waals surface area contributed by atoms with Crippen LogP contribution in [-0.4, -0.2) is 61.8 Å². The van der Waals surface area contributed by atoms with Crippen LogP contribution in [0.3, 0.4) is 0 Å². The van der Waals surface area contributed by atoms with E-state index in [-0.39, 0.29) is 17.4 Å². The number of carboxylic acids is 1. The lowest BCUT2D eigenvalue weighted by molar-refractivity contribution is -0.137. The molecule has 0 aliphatic heterocycles. The molecule has 1 N–H and O–H groups in total. The molecule has 0 aliphatic carbocycles. The second kappa shape index (κ2) is 8.15. The van der Waals surface area contributed by atoms with Crippen LogP contribution in [0.1, 0.15) is 16.1 Å². The minimum atomic E-state index is -3.81. The number of benzene rings is 1. The maximum Gasteiger partial charge on any atom is 0.323 e. The number of carboxylic acid groups (broad SMARTS) is 1. The number of nitrogens with zero attached hydrogens (tertiary/aromatic N) is 2. The van der Waals surface area contributed by atoms with Crippen LogP contribution >= 0.6 is 0 Å². The number of hydrogen-bond acceptors (Lipinski definition) is 5. The summed E-state index contributed by atoms with van der Waals surface area (Å²) in [6.07, 6.45) is 0.462. The van der Waals surface area contributed by atoms with E-state index in [9.17, 15) is 18.0 Å². The van der Waals surface area contributed by atoms with E-state index in [4.69, 9.17) is 9.52 Å². The highest BCUT2D eigenvalue weighted by molar-refractivity contribution is 7.88. The summed E-state index contributed by atoms with van der Waals surface area (Å²) in [7, 11) is -1.13. The maximum atomic E-state index is 12.6. The quantitative estimate of drug-likeness (QED) is 0.739. The van der Waals surface area contributed by atoms with E-state index >= 15 is 0 Å². The third-order valence-electron chi connectivity index (χ3n) is 3.65. The van der Waals surface area contributed by atoms with E-state index in [1.54, 1.807) is 0 Å². The number of sulfonamides is 1. The van der Waals surface area contributed by atoms with Crippen LogP contribution in [0.2, 0.25) is 0 Å². The predicted octanol–water partition coefficient (Wildman–Crippen LogP) is 1.30. The van der Waals surface area contributed by atoms with E-state index in [0.29, 0.717) is 6.42 Å². The summed E-state index contributed by atoms with van der Waals surface area (Å²) in [4.78, 5) is 24.8. The van der Waals surface area contributed by atoms with Crippen molar-refractivity contribution in [1.82, 2.24) is 9.21 Å². The molecule has 1 aromatic heterocycles. The summed E-state index contributed by atoms with van der Waals surface area (Å²) in [6.45, 7) is -0.353. The average molecular weight is 380 g/mol. The van der Waals surface area contributed by atoms with Gasteiger partial charge in [-0.05, 0) is 24.1 Å². The fourth-order valence-corrected chi connectivity index (χ4v) is 3.03. The minimum absolute atomic E-state index is 0.158. The number of aliphatic carboxylic acids is 1. The van der Waals surface area contributed by atoms with Gasteiger partial charge in [0.1, 0.15) is 6.54 Å². The maximum absolute atomic E-state index is 12.6. The standard InChI is InChI=1S/C17H20N2O6S/c1-18(2)26(23,24)16-9-8-14(25-16)17(22)19(12-15(20)21)11-10-13-6-4-3-5-7-13/h3-9H,10-12H2,1-2H3,(H,20,21). The lowest BCUT2D eigenvalue weighted by atomic mass is 10.1. The number of amides is 1. The topological polar surface area (TPSA) is 108 Å². The van der Waals surface area contributed by atoms with Crippen LogP contribution in [0.15, 0.2) is 52.0 Å². The fraction of sp³-hybridized carbons (Fsp3) is 0.294. The van der Waals surface area contributed by atoms with E-state index in [1.165, 1.54) is 26.2 Å². The fourth-order valence-electron chi connectivity index (χ4n) is 2.23. The molecule has 1 amide bonds. The van der Waals surface area contributed by atoms with Gasteiger partial charge in [0.05, 0.1) is 0 Å². The van der Waals surface area contributed by atoms with Gasteiger partial charge < -0.3 is 14.4 Å². The van der Waals surface area contributed by atoms with Gasteiger partial charge in [-0.1, -0.05) is 30.3 Å². The van der Waals surface area contributed by atoms with Gasteiger partial charge in [0, 0.05) is 20.6 Å². The second-order valence-corrected chi connectivity index (χ2v) is 7.84. The summed E-state index contributed by atoms with van der Waals surface area (Å²) < 4.78 is 30.2. The van der Waals surface area contributed by atoms with Gasteiger partial charge in [-0.3, -0.25) is 9.59 Å². The van der Waals surface area contributed by atoms with Crippen molar-refractivity contribution < 1.29 is 27.5 Å². The van der Waals surface area contributed by atoms with Gasteiger partial charge >= 0.3 is 5.97 Å². The first-order chi connectivity index (χ1) is 12.2. The first-order valence-corrected chi connectivity index (χ1v) is 9.23. The smallest absolute Gasteiger partial charge is 0.323 e. The molecule has 1 aromatic carbocycles. The summed E-state index contributed by atoms with van der Waals surface area (Å²) in [5, 5.41) is 8.69. The molecule has 9 heteroatoms. The molecule has 2 aromatic rings. The SMILES string of the molecule is CN(C)S(=O)(=O)c1ccc(C(=O)N(CCc2ccccc2)CC(=O)O)o1. The van der Waals surface area contributed by atoms with Crippen LogP contribution in [-0.2, 0) is 21.2 Å². The molecule has 0 saturated heterocycles. The highest BCUT2D eigenvalue weighted by Gasteiger charge is 2.26. The first kappa shape index (κ1) is 19.7. The number of carbonyl (C=O) groups is 2. The molecule has 8 nitrogen and oxygen atoms in total. The molecule has 0 radical (unpaired) electrons. The lowest BCUT2D eigenvalue weighted by Crippen LogP contribution is -2.37. The Balaban J connectivity index is 2.18. The van der Waals surface area contributed by atoms with Crippen molar-refractivity contribution in [2.45, 2.75) is 11.5 Å². The Kier molecular flexibility index (Phi) is 6.17. The van der Waals surface area contributed by atoms with Crippen molar-refractivity contribution >= 4 is 21.9 Å². The van der Waals surface area contributed by atoms with Gasteiger partial charge in [-0.2, -0.15) is 0 Å². The molecule has 2 rings (SSSR count). The van der Waals surface area contributed by atoms with Crippen LogP contribution in [0.4, 0.5) is 0 Å². The van der Waals surface area contributed by atoms with Crippen LogP contribution in [0, 0.1) is 0 Å². The van der Waals surface area contributed by atoms with Crippen molar-refractivity contribution in [3.63, 3.8) is 0 Å². The van der Waals surface area contributed by atoms with Crippen molar-refractivity contribution in [2.75, 3.05) is 27.2 Å². The molecule has 1 heterocycles. The van der Waals surface area contributed by atoms with Gasteiger partial charge in [0.15, 0.2) is 5.76 Å². The molecule has 26 heavy (non-hydrogen) atoms. The van der Waals surface area contributed by atoms with E-state index < -0.39 is 28.4 Å². The van der Waals surface area contributed by atoms with Gasteiger partial charge in [0.25, 0.3) is 15.9 Å². The molecular formula is C17H20N2O6S. The highest BCUT2D eigenvalue weighted by Crippen LogP contribution is 2.18. The predicted molar refractivity (Wildman–Crippen MR) is 93.3 cm³/mol. The van der Waals surface area contributed by atoms with Crippen molar-refractivity contribution in [2.24, 2.45) is 0 Å². The summed E-state index contributed by atoms with van der Waals surface area (Å²) in [5.41, 5.74) is 0.950. The van der Waals surface area contributed by atoms with E-state index in [0.717, 1.165) is 14.8 Å². The molecule has 0 aliphatic rings. The Labute approximate surface area is 151 Å². The zero-order valence-electron chi connectivity index (χ0n) is 14.5. The second-order valence-electron chi connectivity index (χ2n) is 5.76. The van der Waals surface area contributed by atoms with Crippen LogP contribution in [0.5, 0.6) is 0 Å². The molecule has 0 bridgehead atoms. The number of furan rings is 1. The zero-order chi connectivity index (χ0) is 19.3. The Hall–Kier alpha value is -2.65. The summed E-state index contributed by atoms with van der Waals surface area (Å²) >= 11 is 0.